The average Bonchev–Trinajstić information content (AvgIpc) is 2.34. The number of hydrogen-bond acceptors (Lipinski definition) is 4. The fourth-order valence-electron chi connectivity index (χ4n) is 2.13. The van der Waals surface area contributed by atoms with Gasteiger partial charge in [0.05, 0.1) is 36.6 Å². The third-order valence-corrected chi connectivity index (χ3v) is 3.39. The summed E-state index contributed by atoms with van der Waals surface area (Å²) in [6.07, 6.45) is 0. The van der Waals surface area contributed by atoms with E-state index in [1.54, 1.807) is 0 Å². The van der Waals surface area contributed by atoms with Gasteiger partial charge in [0.2, 0.25) is 0 Å². The van der Waals surface area contributed by atoms with Crippen LogP contribution >= 0.6 is 11.6 Å². The van der Waals surface area contributed by atoms with Crippen LogP contribution in [0.1, 0.15) is 5.56 Å². The van der Waals surface area contributed by atoms with Gasteiger partial charge in [-0.3, -0.25) is 0 Å². The lowest BCUT2D eigenvalue weighted by Crippen LogP contribution is -2.48. The van der Waals surface area contributed by atoms with Crippen molar-refractivity contribution in [2.75, 3.05) is 37.0 Å². The Labute approximate surface area is 106 Å². The predicted octanol–water partition coefficient (Wildman–Crippen LogP) is 1.43. The van der Waals surface area contributed by atoms with Gasteiger partial charge in [-0.25, -0.2) is 0 Å². The third kappa shape index (κ3) is 2.49. The third-order valence-electron chi connectivity index (χ3n) is 3.06. The topological polar surface area (TPSA) is 58.7 Å². The number of ether oxygens (including phenoxy) is 1. The van der Waals surface area contributed by atoms with Crippen LogP contribution < -0.4 is 10.6 Å². The molecule has 1 saturated heterocycles. The first-order valence-corrected chi connectivity index (χ1v) is 6.02. The highest BCUT2D eigenvalue weighted by atomic mass is 35.5. The first-order chi connectivity index (χ1) is 8.13. The highest BCUT2D eigenvalue weighted by molar-refractivity contribution is 6.33. The Kier molecular flexibility index (Phi) is 3.76. The number of aryl methyl sites for hydroxylation is 1. The van der Waals surface area contributed by atoms with E-state index >= 15 is 0 Å². The van der Waals surface area contributed by atoms with E-state index in [1.165, 1.54) is 0 Å². The molecule has 1 atom stereocenters. The summed E-state index contributed by atoms with van der Waals surface area (Å²) < 4.78 is 5.36. The molecule has 1 aliphatic rings. The van der Waals surface area contributed by atoms with E-state index in [0.717, 1.165) is 17.8 Å². The van der Waals surface area contributed by atoms with Gasteiger partial charge >= 0.3 is 0 Å². The van der Waals surface area contributed by atoms with E-state index in [2.05, 4.69) is 4.90 Å². The van der Waals surface area contributed by atoms with Gasteiger partial charge in [0.25, 0.3) is 0 Å². The lowest BCUT2D eigenvalue weighted by molar-refractivity contribution is 0.0726. The molecule has 17 heavy (non-hydrogen) atoms. The number of benzene rings is 1. The fourth-order valence-corrected chi connectivity index (χ4v) is 2.28. The SMILES string of the molecule is Cc1cc(N)c(Cl)cc1N1CCOCC1CO. The number of nitrogen functional groups attached to an aromatic ring is 1. The number of halogens is 1. The van der Waals surface area contributed by atoms with Gasteiger partial charge in [-0.15, -0.1) is 0 Å². The molecular weight excluding hydrogens is 240 g/mol. The predicted molar refractivity (Wildman–Crippen MR) is 69.6 cm³/mol. The summed E-state index contributed by atoms with van der Waals surface area (Å²) >= 11 is 6.05. The monoisotopic (exact) mass is 256 g/mol. The summed E-state index contributed by atoms with van der Waals surface area (Å²) in [6.45, 7) is 4.02. The lowest BCUT2D eigenvalue weighted by atomic mass is 10.1. The minimum absolute atomic E-state index is 0.0119. The number of hydrogen-bond donors (Lipinski definition) is 2. The van der Waals surface area contributed by atoms with Crippen molar-refractivity contribution in [3.8, 4) is 0 Å². The molecule has 0 aliphatic carbocycles. The Morgan fingerprint density at radius 1 is 1.59 bits per heavy atom. The molecule has 3 N–H and O–H groups in total. The number of rotatable bonds is 2. The maximum atomic E-state index is 9.36. The van der Waals surface area contributed by atoms with E-state index < -0.39 is 0 Å². The van der Waals surface area contributed by atoms with Crippen LogP contribution in [0.5, 0.6) is 0 Å². The maximum Gasteiger partial charge on any atom is 0.0755 e. The Bertz CT molecular complexity index is 412. The lowest BCUT2D eigenvalue weighted by Gasteiger charge is -2.37. The van der Waals surface area contributed by atoms with Gasteiger partial charge in [0.1, 0.15) is 0 Å². The van der Waals surface area contributed by atoms with Gasteiger partial charge in [0.15, 0.2) is 0 Å². The number of anilines is 2. The minimum Gasteiger partial charge on any atom is -0.398 e. The number of morpholine rings is 1. The first kappa shape index (κ1) is 12.5. The highest BCUT2D eigenvalue weighted by Crippen LogP contribution is 2.31. The molecule has 1 unspecified atom stereocenters. The van der Waals surface area contributed by atoms with Crippen LogP contribution in [0.2, 0.25) is 5.02 Å². The second-order valence-corrected chi connectivity index (χ2v) is 4.67. The molecule has 0 spiro atoms. The smallest absolute Gasteiger partial charge is 0.0755 e. The fraction of sp³-hybridized carbons (Fsp3) is 0.500. The van der Waals surface area contributed by atoms with Crippen molar-refractivity contribution in [2.24, 2.45) is 0 Å². The molecule has 0 aromatic heterocycles. The van der Waals surface area contributed by atoms with Crippen molar-refractivity contribution in [2.45, 2.75) is 13.0 Å². The normalized spacial score (nSPS) is 20.6. The summed E-state index contributed by atoms with van der Waals surface area (Å²) in [5.74, 6) is 0. The second-order valence-electron chi connectivity index (χ2n) is 4.26. The van der Waals surface area contributed by atoms with Crippen LogP contribution in [-0.4, -0.2) is 37.5 Å². The van der Waals surface area contributed by atoms with Crippen LogP contribution in [0.4, 0.5) is 11.4 Å². The van der Waals surface area contributed by atoms with Gasteiger partial charge in [0, 0.05) is 12.2 Å². The van der Waals surface area contributed by atoms with E-state index in [1.807, 2.05) is 19.1 Å². The summed E-state index contributed by atoms with van der Waals surface area (Å²) in [5, 5.41) is 9.91. The Morgan fingerprint density at radius 3 is 3.06 bits per heavy atom. The van der Waals surface area contributed by atoms with Crippen LogP contribution in [0.3, 0.4) is 0 Å². The molecule has 1 heterocycles. The molecule has 0 radical (unpaired) electrons. The van der Waals surface area contributed by atoms with E-state index in [4.69, 9.17) is 22.1 Å². The molecule has 1 fully saturated rings. The van der Waals surface area contributed by atoms with Crippen molar-refractivity contribution in [1.82, 2.24) is 0 Å². The van der Waals surface area contributed by atoms with Crippen molar-refractivity contribution in [3.05, 3.63) is 22.7 Å². The molecule has 0 saturated carbocycles. The minimum atomic E-state index is -0.0119. The van der Waals surface area contributed by atoms with Gasteiger partial charge < -0.3 is 20.5 Å². The molecule has 4 nitrogen and oxygen atoms in total. The number of nitrogens with two attached hydrogens (primary N) is 1. The summed E-state index contributed by atoms with van der Waals surface area (Å²) in [7, 11) is 0. The zero-order valence-electron chi connectivity index (χ0n) is 9.82. The first-order valence-electron chi connectivity index (χ1n) is 5.64. The molecule has 1 aliphatic heterocycles. The number of aliphatic hydroxyl groups is 1. The molecular formula is C12H17ClN2O2. The molecule has 1 aromatic rings. The van der Waals surface area contributed by atoms with Crippen molar-refractivity contribution in [1.29, 1.82) is 0 Å². The van der Waals surface area contributed by atoms with Gasteiger partial charge in [-0.2, -0.15) is 0 Å². The highest BCUT2D eigenvalue weighted by Gasteiger charge is 2.24. The average molecular weight is 257 g/mol. The molecule has 94 valence electrons. The van der Waals surface area contributed by atoms with Gasteiger partial charge in [-0.05, 0) is 24.6 Å². The van der Waals surface area contributed by atoms with Crippen molar-refractivity contribution < 1.29 is 9.84 Å². The second kappa shape index (κ2) is 5.12. The quantitative estimate of drug-likeness (QED) is 0.786. The van der Waals surface area contributed by atoms with Crippen LogP contribution in [0, 0.1) is 6.92 Å². The Hall–Kier alpha value is -0.970. The van der Waals surface area contributed by atoms with Crippen molar-refractivity contribution >= 4 is 23.0 Å². The number of aliphatic hydroxyl groups excluding tert-OH is 1. The molecule has 1 aromatic carbocycles. The van der Waals surface area contributed by atoms with Crippen LogP contribution in [0.15, 0.2) is 12.1 Å². The van der Waals surface area contributed by atoms with E-state index in [9.17, 15) is 5.11 Å². The van der Waals surface area contributed by atoms with Crippen molar-refractivity contribution in [3.63, 3.8) is 0 Å². The Balaban J connectivity index is 2.34. The summed E-state index contributed by atoms with van der Waals surface area (Å²) in [4.78, 5) is 2.13. The van der Waals surface area contributed by atoms with Crippen LogP contribution in [0.25, 0.3) is 0 Å². The Morgan fingerprint density at radius 2 is 2.35 bits per heavy atom. The standard InChI is InChI=1S/C12H17ClN2O2/c1-8-4-11(14)10(13)5-12(8)15-2-3-17-7-9(15)6-16/h4-5,9,16H,2-3,6-7,14H2,1H3. The van der Waals surface area contributed by atoms with E-state index in [0.29, 0.717) is 23.9 Å². The summed E-state index contributed by atoms with van der Waals surface area (Å²) in [5.41, 5.74) is 8.43. The van der Waals surface area contributed by atoms with Gasteiger partial charge in [-0.1, -0.05) is 11.6 Å². The summed E-state index contributed by atoms with van der Waals surface area (Å²) in [6, 6.07) is 3.71. The zero-order chi connectivity index (χ0) is 12.4. The largest absolute Gasteiger partial charge is 0.398 e. The molecule has 0 amide bonds. The molecule has 0 bridgehead atoms. The van der Waals surface area contributed by atoms with Crippen LogP contribution in [-0.2, 0) is 4.74 Å². The zero-order valence-corrected chi connectivity index (χ0v) is 10.6. The molecule has 2 rings (SSSR count). The number of nitrogens with zero attached hydrogens (tertiary/aromatic N) is 1. The maximum absolute atomic E-state index is 9.36. The van der Waals surface area contributed by atoms with E-state index in [-0.39, 0.29) is 12.6 Å². The molecule has 5 heteroatoms.